The highest BCUT2D eigenvalue weighted by molar-refractivity contribution is 6.19. The summed E-state index contributed by atoms with van der Waals surface area (Å²) < 4.78 is 4.82. The van der Waals surface area contributed by atoms with E-state index in [9.17, 15) is 0 Å². The van der Waals surface area contributed by atoms with E-state index < -0.39 is 0 Å². The summed E-state index contributed by atoms with van der Waals surface area (Å²) in [7, 11) is 1.63. The summed E-state index contributed by atoms with van der Waals surface area (Å²) in [6.07, 6.45) is 4.41. The van der Waals surface area contributed by atoms with Gasteiger partial charge in [-0.1, -0.05) is 73.5 Å². The van der Waals surface area contributed by atoms with E-state index in [-0.39, 0.29) is 5.56 Å². The normalized spacial score (nSPS) is 11.6. The van der Waals surface area contributed by atoms with Crippen molar-refractivity contribution in [1.29, 1.82) is 5.26 Å². The molecule has 0 saturated heterocycles. The van der Waals surface area contributed by atoms with Crippen molar-refractivity contribution in [2.24, 2.45) is 0 Å². The number of ether oxygens (including phenoxy) is 1. The van der Waals surface area contributed by atoms with Crippen molar-refractivity contribution in [3.63, 3.8) is 0 Å². The summed E-state index contributed by atoms with van der Waals surface area (Å²) in [5.74, 6) is 0. The lowest BCUT2D eigenvalue weighted by atomic mass is 10.1. The zero-order valence-corrected chi connectivity index (χ0v) is 15.5. The quantitative estimate of drug-likeness (QED) is 0.530. The van der Waals surface area contributed by atoms with Crippen molar-refractivity contribution in [3.05, 3.63) is 59.7 Å². The molecule has 2 aromatic rings. The lowest BCUT2D eigenvalue weighted by molar-refractivity contribution is 0.158. The number of nitriles is 1. The Bertz CT molecular complexity index is 605. The highest BCUT2D eigenvalue weighted by atomic mass is 35.5. The van der Waals surface area contributed by atoms with Crippen LogP contribution in [-0.2, 0) is 11.2 Å². The lowest BCUT2D eigenvalue weighted by Gasteiger charge is -2.03. The van der Waals surface area contributed by atoms with E-state index in [2.05, 4.69) is 55.5 Å². The number of unbranched alkanes of at least 4 members (excludes halogenated alkanes) is 1. The summed E-state index contributed by atoms with van der Waals surface area (Å²) in [6.45, 7) is 3.57. The molecule has 1 unspecified atom stereocenters. The molecule has 0 fully saturated rings. The lowest BCUT2D eigenvalue weighted by Crippen LogP contribution is -1.99. The van der Waals surface area contributed by atoms with Gasteiger partial charge in [0.05, 0.1) is 6.07 Å². The minimum Gasteiger partial charge on any atom is -0.366 e. The molecule has 3 rings (SSSR count). The van der Waals surface area contributed by atoms with Crippen molar-refractivity contribution in [2.75, 3.05) is 7.11 Å². The fourth-order valence-corrected chi connectivity index (χ4v) is 2.72. The van der Waals surface area contributed by atoms with E-state index >= 15 is 0 Å². The molecule has 0 heterocycles. The molecule has 0 bridgehead atoms. The predicted molar refractivity (Wildman–Crippen MR) is 102 cm³/mol. The van der Waals surface area contributed by atoms with E-state index in [1.165, 1.54) is 35.6 Å². The van der Waals surface area contributed by atoms with Crippen molar-refractivity contribution in [3.8, 4) is 17.2 Å². The molecule has 0 saturated carbocycles. The van der Waals surface area contributed by atoms with Gasteiger partial charge in [-0.3, -0.25) is 0 Å². The van der Waals surface area contributed by atoms with Crippen molar-refractivity contribution < 1.29 is 4.74 Å². The molecular formula is C21H26ClNO. The number of hydrogen-bond donors (Lipinski definition) is 0. The van der Waals surface area contributed by atoms with Crippen LogP contribution in [0.1, 0.15) is 44.2 Å². The summed E-state index contributed by atoms with van der Waals surface area (Å²) >= 11 is 5.62. The summed E-state index contributed by atoms with van der Waals surface area (Å²) in [5.41, 5.74) is 5.68. The molecule has 1 atom stereocenters. The minimum atomic E-state index is -0.0741. The molecular weight excluding hydrogens is 318 g/mol. The van der Waals surface area contributed by atoms with E-state index in [0.717, 1.165) is 19.3 Å². The highest BCUT2D eigenvalue weighted by Gasteiger charge is 2.15. The van der Waals surface area contributed by atoms with Gasteiger partial charge in [0, 0.05) is 14.0 Å². The molecule has 1 aliphatic rings. The third kappa shape index (κ3) is 6.35. The molecule has 0 radical (unpaired) electrons. The van der Waals surface area contributed by atoms with Crippen LogP contribution < -0.4 is 0 Å². The van der Waals surface area contributed by atoms with Crippen LogP contribution in [-0.4, -0.2) is 12.7 Å². The number of methoxy groups -OCH3 is 1. The van der Waals surface area contributed by atoms with Gasteiger partial charge in [0.25, 0.3) is 0 Å². The summed E-state index contributed by atoms with van der Waals surface area (Å²) in [4.78, 5) is 0. The van der Waals surface area contributed by atoms with Gasteiger partial charge in [-0.05, 0) is 41.5 Å². The van der Waals surface area contributed by atoms with Gasteiger partial charge < -0.3 is 4.74 Å². The van der Waals surface area contributed by atoms with Crippen LogP contribution in [0.4, 0.5) is 0 Å². The first-order valence-electron chi connectivity index (χ1n) is 8.31. The molecule has 0 amide bonds. The molecule has 0 aliphatic heterocycles. The van der Waals surface area contributed by atoms with Crippen molar-refractivity contribution in [1.82, 2.24) is 0 Å². The maximum atomic E-state index is 7.32. The maximum absolute atomic E-state index is 7.32. The van der Waals surface area contributed by atoms with Gasteiger partial charge in [-0.15, -0.1) is 0 Å². The molecule has 24 heavy (non-hydrogen) atoms. The van der Waals surface area contributed by atoms with Crippen LogP contribution in [0.5, 0.6) is 0 Å². The number of benzene rings is 2. The Morgan fingerprint density at radius 2 is 1.54 bits per heavy atom. The number of nitrogens with zero attached hydrogens (tertiary/aromatic N) is 1. The predicted octanol–water partition coefficient (Wildman–Crippen LogP) is 6.18. The number of hydrogen-bond acceptors (Lipinski definition) is 2. The van der Waals surface area contributed by atoms with E-state index in [1.807, 2.05) is 0 Å². The second kappa shape index (κ2) is 11.7. The molecule has 0 N–H and O–H groups in total. The first-order chi connectivity index (χ1) is 11.7. The number of alkyl halides is 1. The Kier molecular flexibility index (Phi) is 9.84. The van der Waals surface area contributed by atoms with Crippen LogP contribution in [0.2, 0.25) is 0 Å². The molecule has 2 nitrogen and oxygen atoms in total. The van der Waals surface area contributed by atoms with Gasteiger partial charge in [-0.2, -0.15) is 5.26 Å². The minimum absolute atomic E-state index is 0.0741. The third-order valence-corrected chi connectivity index (χ3v) is 4.14. The largest absolute Gasteiger partial charge is 0.366 e. The Balaban J connectivity index is 0.000000228. The van der Waals surface area contributed by atoms with Gasteiger partial charge in [0.2, 0.25) is 0 Å². The molecule has 3 heteroatoms. The Labute approximate surface area is 151 Å². The van der Waals surface area contributed by atoms with Crippen LogP contribution in [0.25, 0.3) is 11.1 Å². The van der Waals surface area contributed by atoms with Crippen LogP contribution in [0.15, 0.2) is 48.5 Å². The van der Waals surface area contributed by atoms with Crippen molar-refractivity contribution >= 4 is 11.6 Å². The van der Waals surface area contributed by atoms with Crippen molar-refractivity contribution in [2.45, 2.75) is 45.1 Å². The van der Waals surface area contributed by atoms with E-state index in [0.29, 0.717) is 0 Å². The number of fused-ring (bicyclic) bond motifs is 3. The van der Waals surface area contributed by atoms with Crippen LogP contribution in [0.3, 0.4) is 0 Å². The second-order valence-corrected chi connectivity index (χ2v) is 5.99. The molecule has 128 valence electrons. The molecule has 1 aliphatic carbocycles. The Hall–Kier alpha value is -1.82. The Morgan fingerprint density at radius 3 is 1.96 bits per heavy atom. The second-order valence-electron chi connectivity index (χ2n) is 5.50. The fraction of sp³-hybridized carbons (Fsp3) is 0.381. The van der Waals surface area contributed by atoms with Gasteiger partial charge >= 0.3 is 0 Å². The first kappa shape index (κ1) is 20.2. The average Bonchev–Trinajstić information content (AvgIpc) is 2.99. The zero-order chi connectivity index (χ0) is 17.8. The number of rotatable bonds is 4. The molecule has 2 aromatic carbocycles. The average molecular weight is 344 g/mol. The molecule has 0 aromatic heterocycles. The van der Waals surface area contributed by atoms with Gasteiger partial charge in [0.1, 0.15) is 5.56 Å². The maximum Gasteiger partial charge on any atom is 0.130 e. The van der Waals surface area contributed by atoms with Crippen LogP contribution in [0, 0.1) is 11.3 Å². The standard InChI is InChI=1S/C13H10.C6H13ClO.C2H3N/c1-3-7-12-10(5-1)9-11-6-2-4-8-13(11)12;1-3-4-5-6(7)8-2;1-2-3/h1-8H,9H2;6H,3-5H2,1-2H3;1H3. The monoisotopic (exact) mass is 343 g/mol. The number of halogens is 1. The SMILES string of the molecule is CC#N.CCCCC(Cl)OC.c1ccc2c(c1)Cc1ccccc1-2. The third-order valence-electron chi connectivity index (χ3n) is 3.75. The van der Waals surface area contributed by atoms with Gasteiger partial charge in [-0.25, -0.2) is 0 Å². The zero-order valence-electron chi connectivity index (χ0n) is 14.8. The highest BCUT2D eigenvalue weighted by Crippen LogP contribution is 2.35. The van der Waals surface area contributed by atoms with E-state index in [1.54, 1.807) is 13.2 Å². The molecule has 0 spiro atoms. The Morgan fingerprint density at radius 1 is 1.08 bits per heavy atom. The topological polar surface area (TPSA) is 33.0 Å². The summed E-state index contributed by atoms with van der Waals surface area (Å²) in [6, 6.07) is 19.1. The summed E-state index contributed by atoms with van der Waals surface area (Å²) in [5, 5.41) is 7.32. The fourth-order valence-electron chi connectivity index (χ4n) is 2.56. The van der Waals surface area contributed by atoms with E-state index in [4.69, 9.17) is 21.6 Å². The van der Waals surface area contributed by atoms with Gasteiger partial charge in [0.15, 0.2) is 0 Å². The first-order valence-corrected chi connectivity index (χ1v) is 8.75. The smallest absolute Gasteiger partial charge is 0.130 e. The van der Waals surface area contributed by atoms with Crippen LogP contribution >= 0.6 is 11.6 Å².